The van der Waals surface area contributed by atoms with Crippen LogP contribution in [-0.2, 0) is 49.9 Å². The third-order valence-corrected chi connectivity index (χ3v) is 9.15. The Bertz CT molecular complexity index is 1900. The molecule has 4 unspecified atom stereocenters. The van der Waals surface area contributed by atoms with Crippen molar-refractivity contribution in [1.82, 2.24) is 21.3 Å². The Morgan fingerprint density at radius 2 is 0.860 bits per heavy atom. The Hall–Kier alpha value is -6.11. The molecule has 11 nitrogen and oxygen atoms in total. The molecule has 0 fully saturated rings. The van der Waals surface area contributed by atoms with Crippen LogP contribution >= 0.6 is 0 Å². The molecule has 13 heteroatoms. The molecule has 0 heterocycles. The van der Waals surface area contributed by atoms with Gasteiger partial charge >= 0.3 is 18.1 Å². The third-order valence-electron chi connectivity index (χ3n) is 9.15. The van der Waals surface area contributed by atoms with Crippen molar-refractivity contribution in [3.63, 3.8) is 0 Å². The first-order valence-corrected chi connectivity index (χ1v) is 18.8. The number of halogens is 2. The number of hydrogen-bond acceptors (Lipinski definition) is 7. The molecule has 0 spiro atoms. The number of ketones is 1. The zero-order valence-corrected chi connectivity index (χ0v) is 32.5. The molecule has 4 aromatic rings. The molecule has 0 aliphatic carbocycles. The number of carbonyl (C=O) groups excluding carboxylic acids is 5. The van der Waals surface area contributed by atoms with Crippen molar-refractivity contribution in [2.75, 3.05) is 0 Å². The van der Waals surface area contributed by atoms with Gasteiger partial charge in [0.15, 0.2) is 0 Å². The van der Waals surface area contributed by atoms with Gasteiger partial charge in [-0.3, -0.25) is 14.4 Å². The Morgan fingerprint density at radius 1 is 0.509 bits per heavy atom. The predicted octanol–water partition coefficient (Wildman–Crippen LogP) is 6.55. The van der Waals surface area contributed by atoms with Crippen molar-refractivity contribution in [3.05, 3.63) is 144 Å². The predicted molar refractivity (Wildman–Crippen MR) is 211 cm³/mol. The van der Waals surface area contributed by atoms with E-state index in [4.69, 9.17) is 9.47 Å². The minimum atomic E-state index is -4.26. The van der Waals surface area contributed by atoms with E-state index in [0.29, 0.717) is 22.3 Å². The van der Waals surface area contributed by atoms with Gasteiger partial charge in [0.1, 0.15) is 31.3 Å². The zero-order valence-electron chi connectivity index (χ0n) is 32.5. The second-order valence-electron chi connectivity index (χ2n) is 14.3. The molecule has 4 rings (SSSR count). The van der Waals surface area contributed by atoms with Gasteiger partial charge in [0.2, 0.25) is 17.6 Å². The first kappa shape index (κ1) is 43.6. The van der Waals surface area contributed by atoms with Crippen LogP contribution < -0.4 is 21.3 Å². The molecular weight excluding hydrogens is 735 g/mol. The van der Waals surface area contributed by atoms with Crippen molar-refractivity contribution in [1.29, 1.82) is 0 Å². The van der Waals surface area contributed by atoms with Crippen LogP contribution in [0.2, 0.25) is 0 Å². The molecular formula is C44H50F2N4O7. The molecule has 57 heavy (non-hydrogen) atoms. The summed E-state index contributed by atoms with van der Waals surface area (Å²) in [5.41, 5.74) is 2.29. The lowest BCUT2D eigenvalue weighted by atomic mass is 9.90. The number of alkyl carbamates (subject to hydrolysis) is 2. The highest BCUT2D eigenvalue weighted by Gasteiger charge is 2.51. The standard InChI is InChI=1S/C44H50F2N4O7/c1-29(2)37(49-42(54)56-27-33-21-13-7-14-22-33)40(52)47-35(25-31-17-9-5-10-18-31)39(51)44(45,46)36(26-32-19-11-6-12-20-32)48-41(53)38(30(3)4)50-43(55)57-28-34-23-15-8-16-24-34/h5-24,29-30,35-38H,25-28H2,1-4H3,(H,47,52)(H,48,53)(H,49,54)(H,50,55). The summed E-state index contributed by atoms with van der Waals surface area (Å²) in [5, 5.41) is 9.79. The number of carbonyl (C=O) groups is 5. The Balaban J connectivity index is 1.57. The van der Waals surface area contributed by atoms with Gasteiger partial charge in [0.25, 0.3) is 0 Å². The van der Waals surface area contributed by atoms with E-state index < -0.39 is 78.1 Å². The van der Waals surface area contributed by atoms with Gasteiger partial charge < -0.3 is 30.7 Å². The van der Waals surface area contributed by atoms with Crippen molar-refractivity contribution >= 4 is 29.8 Å². The smallest absolute Gasteiger partial charge is 0.408 e. The fourth-order valence-electron chi connectivity index (χ4n) is 5.96. The molecule has 0 bridgehead atoms. The number of rotatable bonds is 19. The number of Topliss-reactive ketones (excluding diaryl/α,β-unsaturated/α-hetero) is 1. The van der Waals surface area contributed by atoms with E-state index in [1.165, 1.54) is 0 Å². The van der Waals surface area contributed by atoms with Crippen LogP contribution in [0.4, 0.5) is 18.4 Å². The highest BCUT2D eigenvalue weighted by Crippen LogP contribution is 2.27. The Labute approximate surface area is 331 Å². The van der Waals surface area contributed by atoms with Crippen LogP contribution in [0.25, 0.3) is 0 Å². The molecule has 0 aliphatic rings. The van der Waals surface area contributed by atoms with Gasteiger partial charge in [-0.15, -0.1) is 0 Å². The molecule has 4 amide bonds. The van der Waals surface area contributed by atoms with Crippen LogP contribution in [0.3, 0.4) is 0 Å². The summed E-state index contributed by atoms with van der Waals surface area (Å²) in [6.07, 6.45) is -2.63. The van der Waals surface area contributed by atoms with Gasteiger partial charge in [0.05, 0.1) is 6.04 Å². The maximum absolute atomic E-state index is 16.9. The molecule has 0 aliphatic heterocycles. The highest BCUT2D eigenvalue weighted by atomic mass is 19.3. The second kappa shape index (κ2) is 21.3. The lowest BCUT2D eigenvalue weighted by molar-refractivity contribution is -0.153. The molecule has 0 saturated heterocycles. The molecule has 302 valence electrons. The van der Waals surface area contributed by atoms with E-state index in [0.717, 1.165) is 0 Å². The summed E-state index contributed by atoms with van der Waals surface area (Å²) < 4.78 is 44.3. The van der Waals surface area contributed by atoms with Crippen LogP contribution in [0.1, 0.15) is 49.9 Å². The number of benzene rings is 4. The largest absolute Gasteiger partial charge is 0.445 e. The lowest BCUT2D eigenvalue weighted by Crippen LogP contribution is -2.63. The van der Waals surface area contributed by atoms with Gasteiger partial charge in [-0.25, -0.2) is 9.59 Å². The van der Waals surface area contributed by atoms with Gasteiger partial charge in [-0.2, -0.15) is 8.78 Å². The van der Waals surface area contributed by atoms with Crippen LogP contribution in [-0.4, -0.2) is 59.9 Å². The summed E-state index contributed by atoms with van der Waals surface area (Å²) in [5.74, 6) is -8.87. The van der Waals surface area contributed by atoms with Crippen molar-refractivity contribution in [2.24, 2.45) is 11.8 Å². The zero-order chi connectivity index (χ0) is 41.4. The summed E-state index contributed by atoms with van der Waals surface area (Å²) in [6.45, 7) is 6.38. The number of alkyl halides is 2. The van der Waals surface area contributed by atoms with Crippen molar-refractivity contribution < 1.29 is 42.2 Å². The minimum Gasteiger partial charge on any atom is -0.445 e. The minimum absolute atomic E-state index is 0.0724. The molecule has 4 atom stereocenters. The first-order chi connectivity index (χ1) is 27.2. The monoisotopic (exact) mass is 784 g/mol. The quantitative estimate of drug-likeness (QED) is 0.0843. The average molecular weight is 785 g/mol. The summed E-state index contributed by atoms with van der Waals surface area (Å²) in [6, 6.07) is 27.7. The van der Waals surface area contributed by atoms with E-state index in [9.17, 15) is 24.0 Å². The maximum Gasteiger partial charge on any atom is 0.408 e. The summed E-state index contributed by atoms with van der Waals surface area (Å²) in [4.78, 5) is 67.2. The molecule has 0 aromatic heterocycles. The maximum atomic E-state index is 16.9. The average Bonchev–Trinajstić information content (AvgIpc) is 3.20. The number of ether oxygens (including phenoxy) is 2. The van der Waals surface area contributed by atoms with Crippen LogP contribution in [0.15, 0.2) is 121 Å². The fraction of sp³-hybridized carbons (Fsp3) is 0.341. The third kappa shape index (κ3) is 13.6. The van der Waals surface area contributed by atoms with Crippen LogP contribution in [0.5, 0.6) is 0 Å². The van der Waals surface area contributed by atoms with E-state index in [-0.39, 0.29) is 19.6 Å². The number of amides is 4. The van der Waals surface area contributed by atoms with E-state index in [1.807, 2.05) is 6.07 Å². The SMILES string of the molecule is CC(C)C(NC(=O)OCc1ccccc1)C(=O)NC(Cc1ccccc1)C(=O)C(F)(F)C(Cc1ccccc1)NC(=O)C(NC(=O)OCc1ccccc1)C(C)C. The van der Waals surface area contributed by atoms with E-state index >= 15 is 8.78 Å². The summed E-state index contributed by atoms with van der Waals surface area (Å²) >= 11 is 0. The van der Waals surface area contributed by atoms with E-state index in [2.05, 4.69) is 21.3 Å². The lowest BCUT2D eigenvalue weighted by Gasteiger charge is -2.32. The van der Waals surface area contributed by atoms with Gasteiger partial charge in [0, 0.05) is 0 Å². The van der Waals surface area contributed by atoms with Crippen LogP contribution in [0, 0.1) is 11.8 Å². The summed E-state index contributed by atoms with van der Waals surface area (Å²) in [7, 11) is 0. The van der Waals surface area contributed by atoms with Gasteiger partial charge in [-0.1, -0.05) is 149 Å². The number of hydrogen-bond donors (Lipinski definition) is 4. The number of nitrogens with one attached hydrogen (secondary N) is 4. The topological polar surface area (TPSA) is 152 Å². The fourth-order valence-corrected chi connectivity index (χ4v) is 5.96. The normalized spacial score (nSPS) is 13.4. The first-order valence-electron chi connectivity index (χ1n) is 18.8. The van der Waals surface area contributed by atoms with Crippen molar-refractivity contribution in [3.8, 4) is 0 Å². The molecule has 0 saturated carbocycles. The highest BCUT2D eigenvalue weighted by molar-refractivity contribution is 5.97. The Kier molecular flexibility index (Phi) is 16.3. The molecule has 4 aromatic carbocycles. The Morgan fingerprint density at radius 3 is 1.25 bits per heavy atom. The van der Waals surface area contributed by atoms with Gasteiger partial charge in [-0.05, 0) is 46.9 Å². The molecule has 4 N–H and O–H groups in total. The molecule has 0 radical (unpaired) electrons. The van der Waals surface area contributed by atoms with Crippen molar-refractivity contribution in [2.45, 2.75) is 83.8 Å². The second-order valence-corrected chi connectivity index (χ2v) is 14.3. The van der Waals surface area contributed by atoms with E-state index in [1.54, 1.807) is 143 Å².